The van der Waals surface area contributed by atoms with Crippen LogP contribution in [-0.4, -0.2) is 37.6 Å². The zero-order chi connectivity index (χ0) is 32.8. The van der Waals surface area contributed by atoms with Crippen molar-refractivity contribution in [3.05, 3.63) is 144 Å². The van der Waals surface area contributed by atoms with Gasteiger partial charge in [-0.3, -0.25) is 19.3 Å². The van der Waals surface area contributed by atoms with Gasteiger partial charge in [0.2, 0.25) is 5.91 Å². The second kappa shape index (κ2) is 14.5. The molecule has 0 saturated heterocycles. The third-order valence-electron chi connectivity index (χ3n) is 7.39. The second-order valence-electron chi connectivity index (χ2n) is 10.9. The van der Waals surface area contributed by atoms with E-state index in [1.54, 1.807) is 53.1 Å². The highest BCUT2D eigenvalue weighted by Gasteiger charge is 2.27. The maximum Gasteiger partial charge on any atom is 0.272 e. The molecule has 5 aromatic rings. The maximum atomic E-state index is 13.7. The highest BCUT2D eigenvalue weighted by molar-refractivity contribution is 8.00. The van der Waals surface area contributed by atoms with Gasteiger partial charge in [0.05, 0.1) is 17.1 Å². The summed E-state index contributed by atoms with van der Waals surface area (Å²) in [7, 11) is 3.91. The molecule has 5 aromatic carbocycles. The minimum Gasteiger partial charge on any atom is -0.378 e. The van der Waals surface area contributed by atoms with Gasteiger partial charge in [0, 0.05) is 45.7 Å². The number of hydrogen-bond acceptors (Lipinski definition) is 6. The number of benzene rings is 5. The van der Waals surface area contributed by atoms with Gasteiger partial charge in [-0.2, -0.15) is 0 Å². The molecule has 234 valence electrons. The monoisotopic (exact) mass is 656 g/mol. The standard InChI is InChI=1S/C38H32N4O3S2/c1-41(2)29-21-19-26(20-22-29)23-31(40-37(44)27-11-4-3-5-12-27)38(45)39-28-13-10-14-30(24-28)46-25-36(43)42-32-15-6-8-17-34(32)47-35-18-9-7-16-33(35)42/h3-24H,25H2,1-2H3,(H,39,45)(H,40,44)/b31-23-. The molecule has 1 heterocycles. The van der Waals surface area contributed by atoms with Crippen molar-refractivity contribution < 1.29 is 14.4 Å². The summed E-state index contributed by atoms with van der Waals surface area (Å²) < 4.78 is 0. The Morgan fingerprint density at radius 3 is 2.06 bits per heavy atom. The molecule has 7 nitrogen and oxygen atoms in total. The summed E-state index contributed by atoms with van der Waals surface area (Å²) in [6.07, 6.45) is 1.65. The van der Waals surface area contributed by atoms with Crippen molar-refractivity contribution in [1.82, 2.24) is 5.32 Å². The van der Waals surface area contributed by atoms with E-state index in [9.17, 15) is 14.4 Å². The number of anilines is 4. The second-order valence-corrected chi connectivity index (χ2v) is 13.0. The molecule has 0 spiro atoms. The first-order chi connectivity index (χ1) is 22.9. The molecule has 1 aliphatic rings. The van der Waals surface area contributed by atoms with Crippen molar-refractivity contribution in [2.75, 3.05) is 35.0 Å². The lowest BCUT2D eigenvalue weighted by Crippen LogP contribution is -2.30. The highest BCUT2D eigenvalue weighted by atomic mass is 32.2. The molecule has 9 heteroatoms. The van der Waals surface area contributed by atoms with Gasteiger partial charge < -0.3 is 15.5 Å². The summed E-state index contributed by atoms with van der Waals surface area (Å²) in [4.78, 5) is 47.0. The summed E-state index contributed by atoms with van der Waals surface area (Å²) in [5, 5.41) is 5.71. The van der Waals surface area contributed by atoms with Gasteiger partial charge in [0.1, 0.15) is 5.70 Å². The lowest BCUT2D eigenvalue weighted by atomic mass is 10.1. The minimum atomic E-state index is -0.469. The van der Waals surface area contributed by atoms with E-state index in [2.05, 4.69) is 10.6 Å². The lowest BCUT2D eigenvalue weighted by Gasteiger charge is -2.31. The average Bonchev–Trinajstić information content (AvgIpc) is 3.10. The van der Waals surface area contributed by atoms with Gasteiger partial charge >= 0.3 is 0 Å². The largest absolute Gasteiger partial charge is 0.378 e. The minimum absolute atomic E-state index is 0.0428. The topological polar surface area (TPSA) is 81.8 Å². The SMILES string of the molecule is CN(C)c1ccc(/C=C(\NC(=O)c2ccccc2)C(=O)Nc2cccc(SCC(=O)N3c4ccccc4Sc4ccccc43)c2)cc1. The Morgan fingerprint density at radius 2 is 1.40 bits per heavy atom. The van der Waals surface area contributed by atoms with Crippen LogP contribution in [0.1, 0.15) is 15.9 Å². The van der Waals surface area contributed by atoms with Crippen molar-refractivity contribution in [3.63, 3.8) is 0 Å². The van der Waals surface area contributed by atoms with Gasteiger partial charge in [-0.1, -0.05) is 72.4 Å². The summed E-state index contributed by atoms with van der Waals surface area (Å²) in [6.45, 7) is 0. The van der Waals surface area contributed by atoms with Crippen LogP contribution in [0, 0.1) is 0 Å². The molecule has 0 fully saturated rings. The van der Waals surface area contributed by atoms with Crippen LogP contribution < -0.4 is 20.4 Å². The van der Waals surface area contributed by atoms with Crippen LogP contribution in [0.3, 0.4) is 0 Å². The Morgan fingerprint density at radius 1 is 0.766 bits per heavy atom. The van der Waals surface area contributed by atoms with Crippen LogP contribution in [0.5, 0.6) is 0 Å². The molecule has 0 aromatic heterocycles. The molecule has 0 atom stereocenters. The van der Waals surface area contributed by atoms with Gasteiger partial charge in [0.25, 0.3) is 11.8 Å². The van der Waals surface area contributed by atoms with E-state index in [4.69, 9.17) is 0 Å². The summed E-state index contributed by atoms with van der Waals surface area (Å²) in [6, 6.07) is 39.6. The number of carbonyl (C=O) groups excluding carboxylic acids is 3. The number of amides is 3. The highest BCUT2D eigenvalue weighted by Crippen LogP contribution is 2.48. The van der Waals surface area contributed by atoms with Crippen LogP contribution in [0.4, 0.5) is 22.7 Å². The average molecular weight is 657 g/mol. The first kappa shape index (κ1) is 31.7. The molecule has 3 amide bonds. The molecular formula is C38H32N4O3S2. The van der Waals surface area contributed by atoms with Crippen LogP contribution in [0.2, 0.25) is 0 Å². The van der Waals surface area contributed by atoms with Gasteiger partial charge in [-0.15, -0.1) is 11.8 Å². The van der Waals surface area contributed by atoms with E-state index >= 15 is 0 Å². The number of carbonyl (C=O) groups is 3. The van der Waals surface area contributed by atoms with Crippen molar-refractivity contribution in [1.29, 1.82) is 0 Å². The van der Waals surface area contributed by atoms with Crippen LogP contribution in [-0.2, 0) is 9.59 Å². The molecule has 2 N–H and O–H groups in total. The first-order valence-electron chi connectivity index (χ1n) is 14.9. The van der Waals surface area contributed by atoms with Gasteiger partial charge in [-0.05, 0) is 78.4 Å². The summed E-state index contributed by atoms with van der Waals surface area (Å²) in [5.41, 5.74) is 4.60. The number of nitrogens with one attached hydrogen (secondary N) is 2. The van der Waals surface area contributed by atoms with Crippen LogP contribution >= 0.6 is 23.5 Å². The van der Waals surface area contributed by atoms with Crippen molar-refractivity contribution in [2.45, 2.75) is 14.7 Å². The van der Waals surface area contributed by atoms with Gasteiger partial charge in [-0.25, -0.2) is 0 Å². The van der Waals surface area contributed by atoms with Gasteiger partial charge in [0.15, 0.2) is 0 Å². The fraction of sp³-hybridized carbons (Fsp3) is 0.0789. The predicted molar refractivity (Wildman–Crippen MR) is 193 cm³/mol. The molecule has 0 unspecified atom stereocenters. The molecule has 6 rings (SSSR count). The lowest BCUT2D eigenvalue weighted by molar-refractivity contribution is -0.115. The fourth-order valence-corrected chi connectivity index (χ4v) is 6.89. The van der Waals surface area contributed by atoms with Crippen molar-refractivity contribution in [3.8, 4) is 0 Å². The summed E-state index contributed by atoms with van der Waals surface area (Å²) >= 11 is 3.06. The fourth-order valence-electron chi connectivity index (χ4n) is 5.02. The van der Waals surface area contributed by atoms with Crippen molar-refractivity contribution in [2.24, 2.45) is 0 Å². The molecule has 0 bridgehead atoms. The van der Waals surface area contributed by atoms with E-state index < -0.39 is 5.91 Å². The number of thioether (sulfide) groups is 1. The quantitative estimate of drug-likeness (QED) is 0.123. The van der Waals surface area contributed by atoms with Crippen LogP contribution in [0.15, 0.2) is 148 Å². The number of para-hydroxylation sites is 2. The zero-order valence-electron chi connectivity index (χ0n) is 25.8. The van der Waals surface area contributed by atoms with Crippen molar-refractivity contribution >= 4 is 70.1 Å². The molecular weight excluding hydrogens is 625 g/mol. The Balaban J connectivity index is 1.18. The molecule has 0 aliphatic carbocycles. The van der Waals surface area contributed by atoms with E-state index in [1.165, 1.54) is 11.8 Å². The van der Waals surface area contributed by atoms with E-state index in [1.807, 2.05) is 116 Å². The van der Waals surface area contributed by atoms with E-state index in [-0.39, 0.29) is 23.3 Å². The normalized spacial score (nSPS) is 12.0. The molecule has 47 heavy (non-hydrogen) atoms. The number of fused-ring (bicyclic) bond motifs is 2. The third-order valence-corrected chi connectivity index (χ3v) is 9.49. The number of nitrogens with zero attached hydrogens (tertiary/aromatic N) is 2. The smallest absolute Gasteiger partial charge is 0.272 e. The Labute approximate surface area is 282 Å². The Bertz CT molecular complexity index is 1910. The first-order valence-corrected chi connectivity index (χ1v) is 16.7. The molecule has 0 radical (unpaired) electrons. The predicted octanol–water partition coefficient (Wildman–Crippen LogP) is 8.08. The Hall–Kier alpha value is -5.25. The summed E-state index contributed by atoms with van der Waals surface area (Å²) in [5.74, 6) is -0.702. The Kier molecular flexibility index (Phi) is 9.75. The van der Waals surface area contributed by atoms with Crippen LogP contribution in [0.25, 0.3) is 6.08 Å². The molecule has 1 aliphatic heterocycles. The maximum absolute atomic E-state index is 13.7. The van der Waals surface area contributed by atoms with E-state index in [0.29, 0.717) is 11.3 Å². The number of rotatable bonds is 9. The number of hydrogen-bond donors (Lipinski definition) is 2. The zero-order valence-corrected chi connectivity index (χ0v) is 27.5. The molecule has 0 saturated carbocycles. The van der Waals surface area contributed by atoms with E-state index in [0.717, 1.165) is 37.3 Å². The third kappa shape index (κ3) is 7.60.